The molecule has 0 saturated carbocycles. The maximum Gasteiger partial charge on any atom is 0.284 e. The van der Waals surface area contributed by atoms with Gasteiger partial charge in [-0.25, -0.2) is 9.29 Å². The fraction of sp³-hybridized carbons (Fsp3) is 0.579. The van der Waals surface area contributed by atoms with Crippen molar-refractivity contribution in [2.24, 2.45) is 17.1 Å². The molecule has 2 heterocycles. The minimum Gasteiger partial charge on any atom is -0.390 e. The first kappa shape index (κ1) is 23.2. The van der Waals surface area contributed by atoms with E-state index in [4.69, 9.17) is 5.73 Å². The SMILES string of the molecule is CC(C[CH]C(=O)N(C1CC(C)(C)CNC[C@@H]1O)S(=O)(=O)c1ccccn1)C(N)=O. The number of carbonyl (C=O) groups is 2. The van der Waals surface area contributed by atoms with Gasteiger partial charge in [-0.3, -0.25) is 9.59 Å². The Morgan fingerprint density at radius 3 is 2.72 bits per heavy atom. The smallest absolute Gasteiger partial charge is 0.284 e. The quantitative estimate of drug-likeness (QED) is 0.561. The first-order valence-electron chi connectivity index (χ1n) is 9.46. The molecule has 2 amide bonds. The topological polar surface area (TPSA) is 143 Å². The summed E-state index contributed by atoms with van der Waals surface area (Å²) in [4.78, 5) is 28.2. The van der Waals surface area contributed by atoms with Gasteiger partial charge in [0.1, 0.15) is 0 Å². The summed E-state index contributed by atoms with van der Waals surface area (Å²) in [5, 5.41) is 13.5. The number of sulfonamides is 1. The summed E-state index contributed by atoms with van der Waals surface area (Å²) in [5.41, 5.74) is 4.88. The van der Waals surface area contributed by atoms with E-state index in [0.29, 0.717) is 10.8 Å². The van der Waals surface area contributed by atoms with E-state index in [0.717, 1.165) is 6.42 Å². The third-order valence-electron chi connectivity index (χ3n) is 4.97. The molecular formula is C19H29N4O5S. The van der Waals surface area contributed by atoms with E-state index in [1.54, 1.807) is 13.0 Å². The number of aliphatic hydroxyl groups excluding tert-OH is 1. The van der Waals surface area contributed by atoms with Crippen molar-refractivity contribution in [3.63, 3.8) is 0 Å². The van der Waals surface area contributed by atoms with Crippen LogP contribution in [0.5, 0.6) is 0 Å². The van der Waals surface area contributed by atoms with Crippen LogP contribution in [0.25, 0.3) is 0 Å². The van der Waals surface area contributed by atoms with Gasteiger partial charge in [0.15, 0.2) is 5.03 Å². The number of nitrogens with zero attached hydrogens (tertiary/aromatic N) is 2. The monoisotopic (exact) mass is 425 g/mol. The van der Waals surface area contributed by atoms with E-state index in [1.807, 2.05) is 13.8 Å². The lowest BCUT2D eigenvalue weighted by atomic mass is 9.85. The zero-order valence-electron chi connectivity index (χ0n) is 16.9. The number of aromatic nitrogens is 1. The highest BCUT2D eigenvalue weighted by molar-refractivity contribution is 7.89. The second-order valence-corrected chi connectivity index (χ2v) is 9.95. The zero-order valence-corrected chi connectivity index (χ0v) is 17.7. The van der Waals surface area contributed by atoms with Gasteiger partial charge in [-0.1, -0.05) is 26.8 Å². The molecule has 1 aromatic rings. The third kappa shape index (κ3) is 5.74. The highest BCUT2D eigenvalue weighted by atomic mass is 32.2. The molecule has 10 heteroatoms. The molecule has 3 atom stereocenters. The highest BCUT2D eigenvalue weighted by Gasteiger charge is 2.43. The van der Waals surface area contributed by atoms with Crippen LogP contribution in [0.2, 0.25) is 0 Å². The third-order valence-corrected chi connectivity index (χ3v) is 6.71. The van der Waals surface area contributed by atoms with Crippen molar-refractivity contribution in [3.05, 3.63) is 30.8 Å². The van der Waals surface area contributed by atoms with Crippen molar-refractivity contribution in [1.82, 2.24) is 14.6 Å². The molecule has 161 valence electrons. The summed E-state index contributed by atoms with van der Waals surface area (Å²) in [5.74, 6) is -2.03. The summed E-state index contributed by atoms with van der Waals surface area (Å²) >= 11 is 0. The fourth-order valence-electron chi connectivity index (χ4n) is 3.25. The number of aliphatic hydroxyl groups is 1. The van der Waals surface area contributed by atoms with Crippen LogP contribution in [0.4, 0.5) is 0 Å². The van der Waals surface area contributed by atoms with E-state index in [-0.39, 0.29) is 29.8 Å². The number of β-amino-alcohol motifs (C(OH)–C–C–N with tert-alkyl or cyclic N) is 1. The number of amides is 2. The number of nitrogens with one attached hydrogen (secondary N) is 1. The van der Waals surface area contributed by atoms with Crippen LogP contribution in [0, 0.1) is 17.8 Å². The molecule has 1 fully saturated rings. The molecule has 4 N–H and O–H groups in total. The van der Waals surface area contributed by atoms with E-state index in [9.17, 15) is 23.1 Å². The Bertz CT molecular complexity index is 828. The molecule has 1 saturated heterocycles. The number of pyridine rings is 1. The fourth-order valence-corrected chi connectivity index (χ4v) is 4.78. The number of hydrogen-bond acceptors (Lipinski definition) is 7. The van der Waals surface area contributed by atoms with Gasteiger partial charge in [-0.15, -0.1) is 0 Å². The van der Waals surface area contributed by atoms with Crippen molar-refractivity contribution < 1.29 is 23.1 Å². The molecule has 1 radical (unpaired) electrons. The average molecular weight is 426 g/mol. The first-order chi connectivity index (χ1) is 13.5. The van der Waals surface area contributed by atoms with Crippen molar-refractivity contribution in [3.8, 4) is 0 Å². The average Bonchev–Trinajstić information content (AvgIpc) is 2.78. The lowest BCUT2D eigenvalue weighted by Gasteiger charge is -2.36. The molecule has 0 bridgehead atoms. The van der Waals surface area contributed by atoms with Gasteiger partial charge in [-0.05, 0) is 30.4 Å². The molecular weight excluding hydrogens is 396 g/mol. The van der Waals surface area contributed by atoms with Gasteiger partial charge in [0, 0.05) is 25.2 Å². The van der Waals surface area contributed by atoms with E-state index in [2.05, 4.69) is 10.3 Å². The maximum atomic E-state index is 13.3. The van der Waals surface area contributed by atoms with Gasteiger partial charge < -0.3 is 16.2 Å². The summed E-state index contributed by atoms with van der Waals surface area (Å²) in [7, 11) is -4.33. The summed E-state index contributed by atoms with van der Waals surface area (Å²) in [6, 6.07) is 3.39. The molecule has 0 aliphatic carbocycles. The summed E-state index contributed by atoms with van der Waals surface area (Å²) in [6.45, 7) is 6.12. The Morgan fingerprint density at radius 1 is 1.45 bits per heavy atom. The van der Waals surface area contributed by atoms with E-state index < -0.39 is 39.9 Å². The Labute approximate surface area is 171 Å². The van der Waals surface area contributed by atoms with Crippen LogP contribution in [-0.2, 0) is 19.6 Å². The van der Waals surface area contributed by atoms with Gasteiger partial charge in [0.05, 0.1) is 18.6 Å². The van der Waals surface area contributed by atoms with Crippen LogP contribution in [-0.4, -0.2) is 59.9 Å². The molecule has 29 heavy (non-hydrogen) atoms. The Kier molecular flexibility index (Phi) is 7.36. The Hall–Kier alpha value is -2.04. The second-order valence-electron chi connectivity index (χ2n) is 8.18. The minimum absolute atomic E-state index is 0.00708. The lowest BCUT2D eigenvalue weighted by Crippen LogP contribution is -2.52. The number of rotatable bonds is 7. The van der Waals surface area contributed by atoms with Crippen LogP contribution in [0.15, 0.2) is 29.4 Å². The Morgan fingerprint density at radius 2 is 2.14 bits per heavy atom. The van der Waals surface area contributed by atoms with Gasteiger partial charge in [0.2, 0.25) is 11.8 Å². The molecule has 0 aromatic carbocycles. The Balaban J connectivity index is 2.44. The van der Waals surface area contributed by atoms with Crippen LogP contribution in [0.1, 0.15) is 33.6 Å². The number of hydrogen-bond donors (Lipinski definition) is 3. The minimum atomic E-state index is -4.33. The molecule has 0 spiro atoms. The molecule has 1 aliphatic rings. The number of nitrogens with two attached hydrogens (primary N) is 1. The van der Waals surface area contributed by atoms with Crippen molar-refractivity contribution in [1.29, 1.82) is 0 Å². The number of carbonyl (C=O) groups excluding carboxylic acids is 2. The molecule has 1 aromatic heterocycles. The van der Waals surface area contributed by atoms with Crippen molar-refractivity contribution >= 4 is 21.8 Å². The van der Waals surface area contributed by atoms with Gasteiger partial charge in [-0.2, -0.15) is 8.42 Å². The normalized spacial score (nSPS) is 23.0. The predicted molar refractivity (Wildman–Crippen MR) is 107 cm³/mol. The predicted octanol–water partition coefficient (Wildman–Crippen LogP) is 0.0637. The summed E-state index contributed by atoms with van der Waals surface area (Å²) in [6.07, 6.45) is 1.61. The standard InChI is InChI=1S/C19H29N4O5S/c1-13(18(20)26)7-8-17(25)23(29(27,28)16-6-4-5-9-22-16)14-10-19(2,3)12-21-11-15(14)24/h4-6,8-9,13-15,21,24H,7,10-12H2,1-3H3,(H2,20,26)/t13?,14?,15-/m0/s1. The maximum absolute atomic E-state index is 13.3. The number of primary amides is 1. The lowest BCUT2D eigenvalue weighted by molar-refractivity contribution is -0.127. The molecule has 9 nitrogen and oxygen atoms in total. The first-order valence-corrected chi connectivity index (χ1v) is 10.9. The highest BCUT2D eigenvalue weighted by Crippen LogP contribution is 2.31. The van der Waals surface area contributed by atoms with Crippen LogP contribution in [0.3, 0.4) is 0 Å². The van der Waals surface area contributed by atoms with E-state index >= 15 is 0 Å². The van der Waals surface area contributed by atoms with Crippen LogP contribution < -0.4 is 11.1 Å². The van der Waals surface area contributed by atoms with Crippen LogP contribution >= 0.6 is 0 Å². The van der Waals surface area contributed by atoms with Gasteiger partial charge in [0.25, 0.3) is 10.0 Å². The van der Waals surface area contributed by atoms with Gasteiger partial charge >= 0.3 is 0 Å². The summed E-state index contributed by atoms with van der Waals surface area (Å²) < 4.78 is 27.4. The van der Waals surface area contributed by atoms with E-state index in [1.165, 1.54) is 18.3 Å². The molecule has 2 unspecified atom stereocenters. The van der Waals surface area contributed by atoms with Crippen molar-refractivity contribution in [2.45, 2.75) is 50.8 Å². The molecule has 2 rings (SSSR count). The zero-order chi connectivity index (χ0) is 21.8. The molecule has 1 aliphatic heterocycles. The second kappa shape index (κ2) is 9.19. The largest absolute Gasteiger partial charge is 0.390 e. The van der Waals surface area contributed by atoms with Crippen molar-refractivity contribution in [2.75, 3.05) is 13.1 Å².